The minimum absolute atomic E-state index is 0.0976. The Balaban J connectivity index is 2.80. The van der Waals surface area contributed by atoms with E-state index in [0.29, 0.717) is 18.4 Å². The lowest BCUT2D eigenvalue weighted by molar-refractivity contribution is 0.0340. The predicted molar refractivity (Wildman–Crippen MR) is 78.8 cm³/mol. The van der Waals surface area contributed by atoms with Crippen molar-refractivity contribution in [3.05, 3.63) is 49.2 Å². The smallest absolute Gasteiger partial charge is 0.343 e. The minimum atomic E-state index is -0.437. The normalized spacial score (nSPS) is 13.1. The van der Waals surface area contributed by atoms with Crippen LogP contribution in [0.2, 0.25) is 0 Å². The molecule has 0 aliphatic heterocycles. The molecule has 0 aliphatic rings. The molecule has 0 aliphatic carbocycles. The van der Waals surface area contributed by atoms with Gasteiger partial charge in [-0.3, -0.25) is 0 Å². The molecule has 1 heterocycles. The third-order valence-electron chi connectivity index (χ3n) is 2.61. The van der Waals surface area contributed by atoms with E-state index in [1.165, 1.54) is 0 Å². The number of nitrogens with zero attached hydrogens (tertiary/aromatic N) is 1. The summed E-state index contributed by atoms with van der Waals surface area (Å²) in [4.78, 5) is 16.2. The Morgan fingerprint density at radius 3 is 2.60 bits per heavy atom. The second-order valence-electron chi connectivity index (χ2n) is 4.55. The van der Waals surface area contributed by atoms with Crippen molar-refractivity contribution in [1.82, 2.24) is 4.98 Å². The van der Waals surface area contributed by atoms with Crippen molar-refractivity contribution in [2.75, 3.05) is 0 Å². The largest absolute Gasteiger partial charge is 0.474 e. The van der Waals surface area contributed by atoms with Gasteiger partial charge >= 0.3 is 5.97 Å². The maximum atomic E-state index is 12.1. The molecule has 2 atom stereocenters. The average Bonchev–Trinajstić information content (AvgIpc) is 2.39. The Bertz CT molecular complexity index is 471. The van der Waals surface area contributed by atoms with Crippen LogP contribution in [-0.4, -0.2) is 23.2 Å². The number of rotatable bonds is 8. The number of hydrogen-bond acceptors (Lipinski definition) is 4. The Morgan fingerprint density at radius 1 is 1.30 bits per heavy atom. The van der Waals surface area contributed by atoms with E-state index in [2.05, 4.69) is 18.1 Å². The molecule has 0 N–H and O–H groups in total. The van der Waals surface area contributed by atoms with Crippen molar-refractivity contribution in [2.45, 2.75) is 38.9 Å². The third kappa shape index (κ3) is 4.88. The number of carbonyl (C=O) groups is 1. The van der Waals surface area contributed by atoms with E-state index in [1.807, 2.05) is 13.8 Å². The monoisotopic (exact) mass is 275 g/mol. The molecule has 0 saturated heterocycles. The summed E-state index contributed by atoms with van der Waals surface area (Å²) in [6, 6.07) is 3.33. The van der Waals surface area contributed by atoms with E-state index in [-0.39, 0.29) is 18.1 Å². The van der Waals surface area contributed by atoms with Gasteiger partial charge in [-0.2, -0.15) is 0 Å². The van der Waals surface area contributed by atoms with Gasteiger partial charge in [0.15, 0.2) is 0 Å². The van der Waals surface area contributed by atoms with Gasteiger partial charge in [0.2, 0.25) is 5.88 Å². The molecule has 0 radical (unpaired) electrons. The molecule has 0 saturated carbocycles. The highest BCUT2D eigenvalue weighted by Crippen LogP contribution is 2.19. The summed E-state index contributed by atoms with van der Waals surface area (Å²) >= 11 is 0. The molecule has 0 amide bonds. The Hall–Kier alpha value is -2.10. The second-order valence-corrected chi connectivity index (χ2v) is 4.55. The Labute approximate surface area is 120 Å². The molecule has 1 aromatic heterocycles. The summed E-state index contributed by atoms with van der Waals surface area (Å²) in [5, 5.41) is 0. The number of esters is 1. The van der Waals surface area contributed by atoms with Crippen molar-refractivity contribution < 1.29 is 14.3 Å². The molecule has 1 unspecified atom stereocenters. The SMILES string of the molecule is C=CCC(C)OC(=O)c1cccnc1O[C@@H](C)CC=C. The summed E-state index contributed by atoms with van der Waals surface area (Å²) in [7, 11) is 0. The summed E-state index contributed by atoms with van der Waals surface area (Å²) in [5.41, 5.74) is 0.333. The maximum absolute atomic E-state index is 12.1. The maximum Gasteiger partial charge on any atom is 0.343 e. The fourth-order valence-corrected chi connectivity index (χ4v) is 1.64. The molecule has 0 fully saturated rings. The van der Waals surface area contributed by atoms with Crippen LogP contribution < -0.4 is 4.74 Å². The number of pyridine rings is 1. The molecule has 1 rings (SSSR count). The summed E-state index contributed by atoms with van der Waals surface area (Å²) in [6.45, 7) is 11.0. The molecule has 0 spiro atoms. The van der Waals surface area contributed by atoms with Gasteiger partial charge in [-0.05, 0) is 26.0 Å². The molecular weight excluding hydrogens is 254 g/mol. The molecule has 108 valence electrons. The molecule has 4 heteroatoms. The fraction of sp³-hybridized carbons (Fsp3) is 0.375. The van der Waals surface area contributed by atoms with Crippen LogP contribution >= 0.6 is 0 Å². The first-order chi connectivity index (χ1) is 9.58. The molecule has 4 nitrogen and oxygen atoms in total. The van der Waals surface area contributed by atoms with Gasteiger partial charge in [0.1, 0.15) is 17.8 Å². The Morgan fingerprint density at radius 2 is 1.95 bits per heavy atom. The van der Waals surface area contributed by atoms with Crippen LogP contribution in [-0.2, 0) is 4.74 Å². The molecule has 1 aromatic rings. The molecule has 0 aromatic carbocycles. The summed E-state index contributed by atoms with van der Waals surface area (Å²) in [5.74, 6) is -0.147. The lowest BCUT2D eigenvalue weighted by Crippen LogP contribution is -2.18. The zero-order chi connectivity index (χ0) is 15.0. The van der Waals surface area contributed by atoms with Crippen molar-refractivity contribution in [3.63, 3.8) is 0 Å². The molecule has 0 bridgehead atoms. The van der Waals surface area contributed by atoms with Gasteiger partial charge < -0.3 is 9.47 Å². The second kappa shape index (κ2) is 8.15. The first kappa shape index (κ1) is 16.0. The van der Waals surface area contributed by atoms with Crippen LogP contribution in [0.4, 0.5) is 0 Å². The van der Waals surface area contributed by atoms with Crippen molar-refractivity contribution >= 4 is 5.97 Å². The van der Waals surface area contributed by atoms with E-state index in [1.54, 1.807) is 30.5 Å². The standard InChI is InChI=1S/C16H21NO3/c1-5-8-12(3)19-15-14(10-7-11-17-15)16(18)20-13(4)9-6-2/h5-7,10-13H,1-2,8-9H2,3-4H3/t12-,13?/m0/s1. The average molecular weight is 275 g/mol. The topological polar surface area (TPSA) is 48.4 Å². The molecular formula is C16H21NO3. The van der Waals surface area contributed by atoms with Crippen LogP contribution in [0.15, 0.2) is 43.6 Å². The van der Waals surface area contributed by atoms with Gasteiger partial charge in [0, 0.05) is 19.0 Å². The highest BCUT2D eigenvalue weighted by Gasteiger charge is 2.18. The van der Waals surface area contributed by atoms with Crippen LogP contribution in [0.25, 0.3) is 0 Å². The van der Waals surface area contributed by atoms with Gasteiger partial charge in [-0.15, -0.1) is 13.2 Å². The van der Waals surface area contributed by atoms with E-state index >= 15 is 0 Å². The van der Waals surface area contributed by atoms with E-state index < -0.39 is 5.97 Å². The number of carbonyl (C=O) groups excluding carboxylic acids is 1. The first-order valence-corrected chi connectivity index (χ1v) is 6.63. The number of hydrogen-bond donors (Lipinski definition) is 0. The van der Waals surface area contributed by atoms with Gasteiger partial charge in [-0.25, -0.2) is 9.78 Å². The number of aromatic nitrogens is 1. The van der Waals surface area contributed by atoms with Crippen LogP contribution in [0.5, 0.6) is 5.88 Å². The van der Waals surface area contributed by atoms with E-state index in [9.17, 15) is 4.79 Å². The van der Waals surface area contributed by atoms with Gasteiger partial charge in [-0.1, -0.05) is 12.2 Å². The zero-order valence-corrected chi connectivity index (χ0v) is 12.0. The highest BCUT2D eigenvalue weighted by molar-refractivity contribution is 5.91. The summed E-state index contributed by atoms with van der Waals surface area (Å²) < 4.78 is 11.0. The zero-order valence-electron chi connectivity index (χ0n) is 12.0. The van der Waals surface area contributed by atoms with Gasteiger partial charge in [0.25, 0.3) is 0 Å². The lowest BCUT2D eigenvalue weighted by atomic mass is 10.2. The van der Waals surface area contributed by atoms with Crippen molar-refractivity contribution in [1.29, 1.82) is 0 Å². The quantitative estimate of drug-likeness (QED) is 0.538. The van der Waals surface area contributed by atoms with Gasteiger partial charge in [0.05, 0.1) is 0 Å². The van der Waals surface area contributed by atoms with E-state index in [4.69, 9.17) is 9.47 Å². The first-order valence-electron chi connectivity index (χ1n) is 6.63. The Kier molecular flexibility index (Phi) is 6.50. The lowest BCUT2D eigenvalue weighted by Gasteiger charge is -2.16. The van der Waals surface area contributed by atoms with Crippen LogP contribution in [0.1, 0.15) is 37.0 Å². The predicted octanol–water partition coefficient (Wildman–Crippen LogP) is 3.55. The number of ether oxygens (including phenoxy) is 2. The van der Waals surface area contributed by atoms with Crippen molar-refractivity contribution in [2.24, 2.45) is 0 Å². The third-order valence-corrected chi connectivity index (χ3v) is 2.61. The minimum Gasteiger partial charge on any atom is -0.474 e. The van der Waals surface area contributed by atoms with E-state index in [0.717, 1.165) is 0 Å². The fourth-order valence-electron chi connectivity index (χ4n) is 1.64. The highest BCUT2D eigenvalue weighted by atomic mass is 16.5. The molecule has 20 heavy (non-hydrogen) atoms. The summed E-state index contributed by atoms with van der Waals surface area (Å²) in [6.07, 6.45) is 6.02. The van der Waals surface area contributed by atoms with Crippen molar-refractivity contribution in [3.8, 4) is 5.88 Å². The van der Waals surface area contributed by atoms with Crippen LogP contribution in [0.3, 0.4) is 0 Å². The van der Waals surface area contributed by atoms with Crippen LogP contribution in [0, 0.1) is 0 Å².